The molecule has 1 aliphatic rings. The number of carbonyl (C=O) groups is 1. The van der Waals surface area contributed by atoms with E-state index >= 15 is 0 Å². The van der Waals surface area contributed by atoms with E-state index in [-0.39, 0.29) is 5.91 Å². The molecule has 0 radical (unpaired) electrons. The second-order valence-corrected chi connectivity index (χ2v) is 6.01. The molecule has 1 fully saturated rings. The van der Waals surface area contributed by atoms with E-state index in [0.717, 1.165) is 37.4 Å². The van der Waals surface area contributed by atoms with Crippen molar-refractivity contribution < 1.29 is 9.53 Å². The quantitative estimate of drug-likeness (QED) is 0.843. The van der Waals surface area contributed by atoms with E-state index in [0.29, 0.717) is 24.9 Å². The van der Waals surface area contributed by atoms with Crippen LogP contribution in [0.2, 0.25) is 0 Å². The molecule has 0 unspecified atom stereocenters. The van der Waals surface area contributed by atoms with Gasteiger partial charge in [-0.3, -0.25) is 14.8 Å². The molecule has 0 spiro atoms. The molecule has 0 aromatic carbocycles. The smallest absolute Gasteiger partial charge is 0.318 e. The summed E-state index contributed by atoms with van der Waals surface area (Å²) in [6, 6.07) is 2.26. The molecule has 0 bridgehead atoms. The molecule has 2 aromatic rings. The van der Waals surface area contributed by atoms with Gasteiger partial charge >= 0.3 is 6.01 Å². The highest BCUT2D eigenvalue weighted by atomic mass is 16.5. The normalized spacial score (nSPS) is 15.0. The molecule has 25 heavy (non-hydrogen) atoms. The fraction of sp³-hybridized carbons (Fsp3) is 0.471. The van der Waals surface area contributed by atoms with Crippen molar-refractivity contribution in [1.82, 2.24) is 25.3 Å². The Bertz CT molecular complexity index is 689. The summed E-state index contributed by atoms with van der Waals surface area (Å²) in [5, 5.41) is 2.91. The van der Waals surface area contributed by atoms with Crippen molar-refractivity contribution in [2.75, 3.05) is 25.1 Å². The van der Waals surface area contributed by atoms with Crippen LogP contribution in [0.3, 0.4) is 0 Å². The van der Waals surface area contributed by atoms with E-state index in [2.05, 4.69) is 30.2 Å². The Morgan fingerprint density at radius 1 is 1.28 bits per heavy atom. The Hall–Kier alpha value is -2.77. The predicted molar refractivity (Wildman–Crippen MR) is 92.0 cm³/mol. The Morgan fingerprint density at radius 2 is 2.12 bits per heavy atom. The van der Waals surface area contributed by atoms with E-state index < -0.39 is 0 Å². The van der Waals surface area contributed by atoms with Crippen LogP contribution >= 0.6 is 0 Å². The number of rotatable bonds is 6. The average Bonchev–Trinajstić information content (AvgIpc) is 2.68. The SMILES string of the molecule is COc1nccc(N2CCC(CC(=O)NCc3cnccn3)CC2)n1. The van der Waals surface area contributed by atoms with Gasteiger partial charge in [-0.25, -0.2) is 4.98 Å². The summed E-state index contributed by atoms with van der Waals surface area (Å²) >= 11 is 0. The zero-order chi connectivity index (χ0) is 17.5. The first-order chi connectivity index (χ1) is 12.2. The number of nitrogens with one attached hydrogen (secondary N) is 1. The summed E-state index contributed by atoms with van der Waals surface area (Å²) in [4.78, 5) is 30.8. The van der Waals surface area contributed by atoms with Crippen molar-refractivity contribution in [3.63, 3.8) is 0 Å². The third-order valence-corrected chi connectivity index (χ3v) is 4.30. The van der Waals surface area contributed by atoms with Crippen molar-refractivity contribution in [3.8, 4) is 6.01 Å². The molecule has 1 N–H and O–H groups in total. The average molecular weight is 342 g/mol. The number of ether oxygens (including phenoxy) is 1. The summed E-state index contributed by atoms with van der Waals surface area (Å²) in [5.41, 5.74) is 0.767. The van der Waals surface area contributed by atoms with Crippen LogP contribution in [0.5, 0.6) is 6.01 Å². The molecule has 132 valence electrons. The third kappa shape index (κ3) is 4.85. The van der Waals surface area contributed by atoms with Crippen molar-refractivity contribution in [2.45, 2.75) is 25.8 Å². The molecule has 0 atom stereocenters. The minimum Gasteiger partial charge on any atom is -0.467 e. The lowest BCUT2D eigenvalue weighted by molar-refractivity contribution is -0.122. The number of aromatic nitrogens is 4. The summed E-state index contributed by atoms with van der Waals surface area (Å²) < 4.78 is 5.07. The Balaban J connectivity index is 1.43. The first-order valence-corrected chi connectivity index (χ1v) is 8.38. The van der Waals surface area contributed by atoms with Gasteiger partial charge in [0, 0.05) is 38.1 Å². The molecular weight excluding hydrogens is 320 g/mol. The summed E-state index contributed by atoms with van der Waals surface area (Å²) in [7, 11) is 1.56. The Kier molecular flexibility index (Phi) is 5.71. The van der Waals surface area contributed by atoms with E-state index in [4.69, 9.17) is 4.74 Å². The van der Waals surface area contributed by atoms with Crippen molar-refractivity contribution in [3.05, 3.63) is 36.5 Å². The fourth-order valence-corrected chi connectivity index (χ4v) is 2.92. The van der Waals surface area contributed by atoms with Gasteiger partial charge in [0.15, 0.2) is 0 Å². The Labute approximate surface area is 146 Å². The summed E-state index contributed by atoms with van der Waals surface area (Å²) in [5.74, 6) is 1.33. The monoisotopic (exact) mass is 342 g/mol. The van der Waals surface area contributed by atoms with Crippen molar-refractivity contribution in [2.24, 2.45) is 5.92 Å². The molecule has 3 rings (SSSR count). The first kappa shape index (κ1) is 17.1. The molecule has 0 aliphatic carbocycles. The molecule has 0 saturated carbocycles. The maximum absolute atomic E-state index is 12.1. The van der Waals surface area contributed by atoms with Crippen LogP contribution < -0.4 is 15.0 Å². The maximum atomic E-state index is 12.1. The molecule has 8 heteroatoms. The van der Waals surface area contributed by atoms with Crippen LogP contribution in [0.25, 0.3) is 0 Å². The van der Waals surface area contributed by atoms with Crippen LogP contribution in [-0.4, -0.2) is 46.0 Å². The minimum atomic E-state index is 0.0628. The molecule has 2 aromatic heterocycles. The van der Waals surface area contributed by atoms with Crippen LogP contribution in [0.15, 0.2) is 30.9 Å². The fourth-order valence-electron chi connectivity index (χ4n) is 2.92. The Morgan fingerprint density at radius 3 is 2.84 bits per heavy atom. The molecule has 8 nitrogen and oxygen atoms in total. The van der Waals surface area contributed by atoms with Gasteiger partial charge in [-0.05, 0) is 24.8 Å². The van der Waals surface area contributed by atoms with Gasteiger partial charge in [-0.1, -0.05) is 0 Å². The maximum Gasteiger partial charge on any atom is 0.318 e. The van der Waals surface area contributed by atoms with Gasteiger partial charge in [-0.15, -0.1) is 0 Å². The van der Waals surface area contributed by atoms with Gasteiger partial charge in [0.05, 0.1) is 25.5 Å². The lowest BCUT2D eigenvalue weighted by atomic mass is 9.93. The largest absolute Gasteiger partial charge is 0.467 e. The highest BCUT2D eigenvalue weighted by Crippen LogP contribution is 2.24. The number of anilines is 1. The van der Waals surface area contributed by atoms with E-state index in [1.54, 1.807) is 31.9 Å². The standard InChI is InChI=1S/C17H22N6O2/c1-25-17-20-5-2-15(22-17)23-8-3-13(4-9-23)10-16(24)21-12-14-11-18-6-7-19-14/h2,5-7,11,13H,3-4,8-10,12H2,1H3,(H,21,24). The molecular formula is C17H22N6O2. The van der Waals surface area contributed by atoms with E-state index in [1.807, 2.05) is 6.07 Å². The lowest BCUT2D eigenvalue weighted by Crippen LogP contribution is -2.36. The molecule has 3 heterocycles. The van der Waals surface area contributed by atoms with Gasteiger partial charge in [0.25, 0.3) is 0 Å². The number of hydrogen-bond donors (Lipinski definition) is 1. The van der Waals surface area contributed by atoms with Crippen LogP contribution in [0.1, 0.15) is 25.0 Å². The minimum absolute atomic E-state index is 0.0628. The predicted octanol–water partition coefficient (Wildman–Crippen LogP) is 1.20. The zero-order valence-corrected chi connectivity index (χ0v) is 14.3. The lowest BCUT2D eigenvalue weighted by Gasteiger charge is -2.32. The van der Waals surface area contributed by atoms with Gasteiger partial charge in [-0.2, -0.15) is 4.98 Å². The number of methoxy groups -OCH3 is 1. The van der Waals surface area contributed by atoms with Gasteiger partial charge < -0.3 is 15.0 Å². The molecule has 1 aliphatic heterocycles. The number of piperidine rings is 1. The summed E-state index contributed by atoms with van der Waals surface area (Å²) in [6.45, 7) is 2.18. The van der Waals surface area contributed by atoms with Gasteiger partial charge in [0.2, 0.25) is 5.91 Å². The molecule has 1 saturated heterocycles. The van der Waals surface area contributed by atoms with Gasteiger partial charge in [0.1, 0.15) is 5.82 Å². The third-order valence-electron chi connectivity index (χ3n) is 4.30. The number of carbonyl (C=O) groups excluding carboxylic acids is 1. The van der Waals surface area contributed by atoms with E-state index in [1.165, 1.54) is 0 Å². The van der Waals surface area contributed by atoms with Crippen LogP contribution in [-0.2, 0) is 11.3 Å². The highest BCUT2D eigenvalue weighted by Gasteiger charge is 2.22. The van der Waals surface area contributed by atoms with Crippen molar-refractivity contribution in [1.29, 1.82) is 0 Å². The summed E-state index contributed by atoms with van der Waals surface area (Å²) in [6.07, 6.45) is 9.07. The van der Waals surface area contributed by atoms with Crippen LogP contribution in [0.4, 0.5) is 5.82 Å². The number of nitrogens with zero attached hydrogens (tertiary/aromatic N) is 5. The number of amides is 1. The first-order valence-electron chi connectivity index (χ1n) is 8.38. The second kappa shape index (κ2) is 8.36. The topological polar surface area (TPSA) is 93.1 Å². The number of hydrogen-bond acceptors (Lipinski definition) is 7. The zero-order valence-electron chi connectivity index (χ0n) is 14.3. The van der Waals surface area contributed by atoms with Crippen LogP contribution in [0, 0.1) is 5.92 Å². The van der Waals surface area contributed by atoms with E-state index in [9.17, 15) is 4.79 Å². The highest BCUT2D eigenvalue weighted by molar-refractivity contribution is 5.76. The second-order valence-electron chi connectivity index (χ2n) is 6.01. The van der Waals surface area contributed by atoms with Crippen molar-refractivity contribution >= 4 is 11.7 Å². The molecule has 1 amide bonds.